The van der Waals surface area contributed by atoms with Crippen LogP contribution in [0.15, 0.2) is 72.1 Å². The standard InChI is InChI=1S/C18H13F2N3O/c19-14-8-7-13(16(20)11-14)12-21-22-18(24)15-5-1-2-6-17(15)23-9-3-4-10-23/h1-12H,(H,22,24)/b21-12-. The molecule has 0 atom stereocenters. The van der Waals surface area contributed by atoms with Crippen LogP contribution in [-0.4, -0.2) is 16.7 Å². The first kappa shape index (κ1) is 15.6. The zero-order valence-corrected chi connectivity index (χ0v) is 12.5. The van der Waals surface area contributed by atoms with Gasteiger partial charge in [-0.1, -0.05) is 12.1 Å². The molecular formula is C18H13F2N3O. The minimum atomic E-state index is -0.749. The maximum Gasteiger partial charge on any atom is 0.273 e. The first-order valence-electron chi connectivity index (χ1n) is 7.16. The summed E-state index contributed by atoms with van der Waals surface area (Å²) >= 11 is 0. The van der Waals surface area contributed by atoms with Gasteiger partial charge in [0.2, 0.25) is 0 Å². The van der Waals surface area contributed by atoms with Crippen LogP contribution in [-0.2, 0) is 0 Å². The highest BCUT2D eigenvalue weighted by Gasteiger charge is 2.11. The molecule has 3 rings (SSSR count). The van der Waals surface area contributed by atoms with E-state index in [1.54, 1.807) is 22.8 Å². The summed E-state index contributed by atoms with van der Waals surface area (Å²) in [5.41, 5.74) is 3.55. The SMILES string of the molecule is O=C(N/N=C\c1ccc(F)cc1F)c1ccccc1-n1cccc1. The van der Waals surface area contributed by atoms with Crippen molar-refractivity contribution in [1.82, 2.24) is 9.99 Å². The Morgan fingerprint density at radius 1 is 1.04 bits per heavy atom. The molecule has 0 fully saturated rings. The van der Waals surface area contributed by atoms with Crippen LogP contribution in [0.3, 0.4) is 0 Å². The number of carbonyl (C=O) groups excluding carboxylic acids is 1. The number of carbonyl (C=O) groups is 1. The van der Waals surface area contributed by atoms with E-state index in [9.17, 15) is 13.6 Å². The van der Waals surface area contributed by atoms with Crippen molar-refractivity contribution in [3.05, 3.63) is 89.8 Å². The molecule has 1 aromatic heterocycles. The summed E-state index contributed by atoms with van der Waals surface area (Å²) in [4.78, 5) is 12.3. The monoisotopic (exact) mass is 325 g/mol. The average molecular weight is 325 g/mol. The van der Waals surface area contributed by atoms with Crippen molar-refractivity contribution in [2.24, 2.45) is 5.10 Å². The quantitative estimate of drug-likeness (QED) is 0.579. The van der Waals surface area contributed by atoms with E-state index >= 15 is 0 Å². The normalized spacial score (nSPS) is 10.9. The molecule has 0 aliphatic carbocycles. The second-order valence-corrected chi connectivity index (χ2v) is 4.97. The smallest absolute Gasteiger partial charge is 0.273 e. The van der Waals surface area contributed by atoms with E-state index in [2.05, 4.69) is 10.5 Å². The minimum Gasteiger partial charge on any atom is -0.323 e. The number of benzene rings is 2. The summed E-state index contributed by atoms with van der Waals surface area (Å²) in [7, 11) is 0. The molecule has 0 bridgehead atoms. The molecule has 24 heavy (non-hydrogen) atoms. The molecule has 1 heterocycles. The lowest BCUT2D eigenvalue weighted by molar-refractivity contribution is 0.0955. The Kier molecular flexibility index (Phi) is 4.47. The first-order chi connectivity index (χ1) is 11.6. The predicted molar refractivity (Wildman–Crippen MR) is 87.2 cm³/mol. The lowest BCUT2D eigenvalue weighted by Gasteiger charge is -2.09. The van der Waals surface area contributed by atoms with Gasteiger partial charge < -0.3 is 4.57 Å². The van der Waals surface area contributed by atoms with Crippen molar-refractivity contribution in [3.63, 3.8) is 0 Å². The summed E-state index contributed by atoms with van der Waals surface area (Å²) in [6.45, 7) is 0. The summed E-state index contributed by atoms with van der Waals surface area (Å²) in [6.07, 6.45) is 4.78. The van der Waals surface area contributed by atoms with E-state index in [4.69, 9.17) is 0 Å². The topological polar surface area (TPSA) is 46.4 Å². The fraction of sp³-hybridized carbons (Fsp3) is 0. The Balaban J connectivity index is 1.78. The van der Waals surface area contributed by atoms with Gasteiger partial charge in [0.15, 0.2) is 0 Å². The van der Waals surface area contributed by atoms with Gasteiger partial charge >= 0.3 is 0 Å². The number of nitrogens with one attached hydrogen (secondary N) is 1. The van der Waals surface area contributed by atoms with Crippen molar-refractivity contribution in [2.75, 3.05) is 0 Å². The van der Waals surface area contributed by atoms with E-state index in [1.807, 2.05) is 30.6 Å². The van der Waals surface area contributed by atoms with Crippen LogP contribution in [0.4, 0.5) is 8.78 Å². The van der Waals surface area contributed by atoms with Crippen molar-refractivity contribution >= 4 is 12.1 Å². The Bertz CT molecular complexity index is 889. The van der Waals surface area contributed by atoms with Crippen molar-refractivity contribution in [3.8, 4) is 5.69 Å². The van der Waals surface area contributed by atoms with Gasteiger partial charge in [-0.2, -0.15) is 5.10 Å². The van der Waals surface area contributed by atoms with E-state index in [1.165, 1.54) is 6.07 Å². The molecule has 1 N–H and O–H groups in total. The molecule has 0 radical (unpaired) electrons. The Hall–Kier alpha value is -3.28. The van der Waals surface area contributed by atoms with Crippen molar-refractivity contribution in [1.29, 1.82) is 0 Å². The zero-order valence-electron chi connectivity index (χ0n) is 12.5. The molecule has 1 amide bonds. The zero-order chi connectivity index (χ0) is 16.9. The van der Waals surface area contributed by atoms with Gasteiger partial charge in [-0.25, -0.2) is 14.2 Å². The summed E-state index contributed by atoms with van der Waals surface area (Å²) < 4.78 is 28.1. The van der Waals surface area contributed by atoms with E-state index in [-0.39, 0.29) is 5.56 Å². The fourth-order valence-corrected chi connectivity index (χ4v) is 2.21. The number of hydrazone groups is 1. The third-order valence-corrected chi connectivity index (χ3v) is 3.36. The minimum absolute atomic E-state index is 0.0791. The van der Waals surface area contributed by atoms with Gasteiger partial charge in [0.05, 0.1) is 17.5 Å². The van der Waals surface area contributed by atoms with Crippen LogP contribution in [0.5, 0.6) is 0 Å². The summed E-state index contributed by atoms with van der Waals surface area (Å²) in [5, 5.41) is 3.73. The number of hydrogen-bond donors (Lipinski definition) is 1. The summed E-state index contributed by atoms with van der Waals surface area (Å²) in [5.74, 6) is -1.85. The highest BCUT2D eigenvalue weighted by atomic mass is 19.1. The Labute approximate surface area is 137 Å². The van der Waals surface area contributed by atoms with Crippen molar-refractivity contribution in [2.45, 2.75) is 0 Å². The van der Waals surface area contributed by atoms with Gasteiger partial charge in [0.1, 0.15) is 11.6 Å². The van der Waals surface area contributed by atoms with Crippen LogP contribution >= 0.6 is 0 Å². The number of halogens is 2. The predicted octanol–water partition coefficient (Wildman–Crippen LogP) is 3.52. The number of nitrogens with zero attached hydrogens (tertiary/aromatic N) is 2. The third kappa shape index (κ3) is 3.38. The molecule has 6 heteroatoms. The van der Waals surface area contributed by atoms with E-state index in [0.717, 1.165) is 18.3 Å². The molecule has 0 aliphatic heterocycles. The van der Waals surface area contributed by atoms with Gasteiger partial charge in [-0.15, -0.1) is 0 Å². The average Bonchev–Trinajstić information content (AvgIpc) is 3.11. The van der Waals surface area contributed by atoms with Crippen LogP contribution in [0.2, 0.25) is 0 Å². The number of amides is 1. The third-order valence-electron chi connectivity index (χ3n) is 3.36. The molecule has 0 saturated heterocycles. The molecule has 120 valence electrons. The molecule has 4 nitrogen and oxygen atoms in total. The van der Waals surface area contributed by atoms with Gasteiger partial charge in [0, 0.05) is 24.0 Å². The largest absolute Gasteiger partial charge is 0.323 e. The molecule has 0 aliphatic rings. The van der Waals surface area contributed by atoms with Crippen LogP contribution in [0.1, 0.15) is 15.9 Å². The Morgan fingerprint density at radius 2 is 1.79 bits per heavy atom. The molecule has 3 aromatic rings. The number of para-hydroxylation sites is 1. The maximum atomic E-state index is 13.5. The van der Waals surface area contributed by atoms with Crippen molar-refractivity contribution < 1.29 is 13.6 Å². The molecule has 0 saturated carbocycles. The van der Waals surface area contributed by atoms with Gasteiger partial charge in [-0.05, 0) is 36.4 Å². The highest BCUT2D eigenvalue weighted by Crippen LogP contribution is 2.14. The van der Waals surface area contributed by atoms with Gasteiger partial charge in [-0.3, -0.25) is 4.79 Å². The second-order valence-electron chi connectivity index (χ2n) is 4.97. The Morgan fingerprint density at radius 3 is 2.54 bits per heavy atom. The number of hydrogen-bond acceptors (Lipinski definition) is 2. The maximum absolute atomic E-state index is 13.5. The van der Waals surface area contributed by atoms with Crippen LogP contribution in [0.25, 0.3) is 5.69 Å². The molecule has 2 aromatic carbocycles. The van der Waals surface area contributed by atoms with E-state index < -0.39 is 17.5 Å². The van der Waals surface area contributed by atoms with E-state index in [0.29, 0.717) is 11.3 Å². The second kappa shape index (κ2) is 6.87. The highest BCUT2D eigenvalue weighted by molar-refractivity contribution is 5.98. The molecule has 0 unspecified atom stereocenters. The van der Waals surface area contributed by atoms with Crippen LogP contribution in [0, 0.1) is 11.6 Å². The lowest BCUT2D eigenvalue weighted by atomic mass is 10.1. The van der Waals surface area contributed by atoms with Crippen LogP contribution < -0.4 is 5.43 Å². The fourth-order valence-electron chi connectivity index (χ4n) is 2.21. The first-order valence-corrected chi connectivity index (χ1v) is 7.16. The summed E-state index contributed by atoms with van der Waals surface area (Å²) in [6, 6.07) is 13.9. The van der Waals surface area contributed by atoms with Gasteiger partial charge in [0.25, 0.3) is 5.91 Å². The number of aromatic nitrogens is 1. The lowest BCUT2D eigenvalue weighted by Crippen LogP contribution is -2.19. The molecule has 0 spiro atoms. The number of rotatable bonds is 4. The molecular weight excluding hydrogens is 312 g/mol.